The topological polar surface area (TPSA) is 30.5 Å². The highest BCUT2D eigenvalue weighted by Gasteiger charge is 2.15. The van der Waals surface area contributed by atoms with E-state index in [1.165, 1.54) is 0 Å². The van der Waals surface area contributed by atoms with Crippen molar-refractivity contribution in [3.63, 3.8) is 0 Å². The van der Waals surface area contributed by atoms with Gasteiger partial charge in [-0.15, -0.1) is 6.42 Å². The molecule has 1 aromatic carbocycles. The molecule has 3 nitrogen and oxygen atoms in total. The van der Waals surface area contributed by atoms with Crippen LogP contribution >= 0.6 is 11.6 Å². The Kier molecular flexibility index (Phi) is 5.53. The minimum absolute atomic E-state index is 0.00105. The molecular formula is C15H20ClNO2. The van der Waals surface area contributed by atoms with E-state index in [0.29, 0.717) is 23.1 Å². The second kappa shape index (κ2) is 6.70. The Labute approximate surface area is 120 Å². The molecule has 0 saturated carbocycles. The van der Waals surface area contributed by atoms with Gasteiger partial charge in [-0.2, -0.15) is 0 Å². The number of nitrogens with one attached hydrogen (secondary N) is 1. The van der Waals surface area contributed by atoms with Crippen LogP contribution in [0, 0.1) is 12.3 Å². The first kappa shape index (κ1) is 15.7. The largest absolute Gasteiger partial charge is 0.493 e. The van der Waals surface area contributed by atoms with Crippen molar-refractivity contribution < 1.29 is 9.47 Å². The van der Waals surface area contributed by atoms with Crippen molar-refractivity contribution in [2.24, 2.45) is 0 Å². The molecule has 1 rings (SSSR count). The highest BCUT2D eigenvalue weighted by Crippen LogP contribution is 2.34. The van der Waals surface area contributed by atoms with Gasteiger partial charge in [-0.3, -0.25) is 0 Å². The molecule has 19 heavy (non-hydrogen) atoms. The minimum atomic E-state index is -0.00105. The van der Waals surface area contributed by atoms with Crippen LogP contribution in [0.5, 0.6) is 11.5 Å². The Balaban J connectivity index is 3.05. The molecule has 0 aliphatic heterocycles. The summed E-state index contributed by atoms with van der Waals surface area (Å²) in [5.41, 5.74) is 0.924. The smallest absolute Gasteiger partial charge is 0.167 e. The van der Waals surface area contributed by atoms with Crippen molar-refractivity contribution in [3.8, 4) is 23.8 Å². The summed E-state index contributed by atoms with van der Waals surface area (Å²) in [5.74, 6) is 3.68. The van der Waals surface area contributed by atoms with E-state index in [1.54, 1.807) is 13.2 Å². The Morgan fingerprint density at radius 2 is 2.05 bits per heavy atom. The fraction of sp³-hybridized carbons (Fsp3) is 0.467. The van der Waals surface area contributed by atoms with Gasteiger partial charge in [0.15, 0.2) is 11.5 Å². The number of halogens is 1. The molecule has 1 N–H and O–H groups in total. The van der Waals surface area contributed by atoms with Gasteiger partial charge in [0, 0.05) is 28.7 Å². The van der Waals surface area contributed by atoms with E-state index in [1.807, 2.05) is 6.07 Å². The molecule has 0 radical (unpaired) electrons. The molecule has 0 aliphatic carbocycles. The fourth-order valence-electron chi connectivity index (χ4n) is 1.54. The first-order chi connectivity index (χ1) is 8.87. The van der Waals surface area contributed by atoms with Crippen molar-refractivity contribution in [2.75, 3.05) is 13.7 Å². The van der Waals surface area contributed by atoms with E-state index in [9.17, 15) is 0 Å². The van der Waals surface area contributed by atoms with E-state index < -0.39 is 0 Å². The second-order valence-corrected chi connectivity index (χ2v) is 5.63. The SMILES string of the molecule is C#CCOc1c(CNC(C)(C)C)cc(Cl)cc1OC. The number of rotatable bonds is 5. The monoisotopic (exact) mass is 281 g/mol. The summed E-state index contributed by atoms with van der Waals surface area (Å²) in [6.07, 6.45) is 5.23. The van der Waals surface area contributed by atoms with Gasteiger partial charge in [-0.25, -0.2) is 0 Å². The van der Waals surface area contributed by atoms with E-state index >= 15 is 0 Å². The van der Waals surface area contributed by atoms with Crippen LogP contribution in [0.15, 0.2) is 12.1 Å². The quantitative estimate of drug-likeness (QED) is 0.841. The van der Waals surface area contributed by atoms with Crippen LogP contribution in [0.3, 0.4) is 0 Å². The van der Waals surface area contributed by atoms with Gasteiger partial charge < -0.3 is 14.8 Å². The van der Waals surface area contributed by atoms with Crippen LogP contribution < -0.4 is 14.8 Å². The lowest BCUT2D eigenvalue weighted by atomic mass is 10.1. The molecule has 0 amide bonds. The molecule has 0 unspecified atom stereocenters. The molecule has 104 valence electrons. The zero-order chi connectivity index (χ0) is 14.5. The molecule has 0 atom stereocenters. The Hall–Kier alpha value is -1.37. The maximum absolute atomic E-state index is 6.08. The molecule has 0 spiro atoms. The summed E-state index contributed by atoms with van der Waals surface area (Å²) < 4.78 is 10.9. The molecule has 0 heterocycles. The highest BCUT2D eigenvalue weighted by atomic mass is 35.5. The molecule has 4 heteroatoms. The van der Waals surface area contributed by atoms with Crippen LogP contribution in [0.2, 0.25) is 5.02 Å². The van der Waals surface area contributed by atoms with Gasteiger partial charge in [0.05, 0.1) is 7.11 Å². The van der Waals surface area contributed by atoms with Crippen LogP contribution in [0.4, 0.5) is 0 Å². The lowest BCUT2D eigenvalue weighted by Gasteiger charge is -2.22. The normalized spacial score (nSPS) is 10.9. The van der Waals surface area contributed by atoms with Gasteiger partial charge in [0.1, 0.15) is 6.61 Å². The first-order valence-electron chi connectivity index (χ1n) is 6.05. The molecule has 1 aromatic rings. The van der Waals surface area contributed by atoms with Gasteiger partial charge in [-0.05, 0) is 26.8 Å². The molecule has 0 fully saturated rings. The van der Waals surface area contributed by atoms with Crippen LogP contribution in [-0.4, -0.2) is 19.3 Å². The Bertz CT molecular complexity index is 472. The number of benzene rings is 1. The zero-order valence-electron chi connectivity index (χ0n) is 11.8. The van der Waals surface area contributed by atoms with E-state index in [4.69, 9.17) is 27.5 Å². The number of methoxy groups -OCH3 is 1. The zero-order valence-corrected chi connectivity index (χ0v) is 12.6. The molecule has 0 saturated heterocycles. The molecule has 0 aromatic heterocycles. The first-order valence-corrected chi connectivity index (χ1v) is 6.43. The summed E-state index contributed by atoms with van der Waals surface area (Å²) in [4.78, 5) is 0. The summed E-state index contributed by atoms with van der Waals surface area (Å²) in [5, 5.41) is 3.99. The summed E-state index contributed by atoms with van der Waals surface area (Å²) >= 11 is 6.08. The predicted molar refractivity (Wildman–Crippen MR) is 78.9 cm³/mol. The van der Waals surface area contributed by atoms with E-state index in [2.05, 4.69) is 32.0 Å². The van der Waals surface area contributed by atoms with E-state index in [0.717, 1.165) is 5.56 Å². The average Bonchev–Trinajstić information content (AvgIpc) is 2.33. The molecule has 0 bridgehead atoms. The lowest BCUT2D eigenvalue weighted by Crippen LogP contribution is -2.35. The maximum Gasteiger partial charge on any atom is 0.167 e. The van der Waals surface area contributed by atoms with E-state index in [-0.39, 0.29) is 12.1 Å². The van der Waals surface area contributed by atoms with Crippen molar-refractivity contribution in [2.45, 2.75) is 32.9 Å². The summed E-state index contributed by atoms with van der Waals surface area (Å²) in [7, 11) is 1.58. The lowest BCUT2D eigenvalue weighted by molar-refractivity contribution is 0.324. The number of ether oxygens (including phenoxy) is 2. The average molecular weight is 282 g/mol. The van der Waals surface area contributed by atoms with Crippen molar-refractivity contribution >= 4 is 11.6 Å². The van der Waals surface area contributed by atoms with Crippen molar-refractivity contribution in [3.05, 3.63) is 22.7 Å². The number of hydrogen-bond donors (Lipinski definition) is 1. The highest BCUT2D eigenvalue weighted by molar-refractivity contribution is 6.30. The molecular weight excluding hydrogens is 262 g/mol. The van der Waals surface area contributed by atoms with Gasteiger partial charge >= 0.3 is 0 Å². The van der Waals surface area contributed by atoms with Gasteiger partial charge in [-0.1, -0.05) is 17.5 Å². The van der Waals surface area contributed by atoms with Crippen LogP contribution in [0.25, 0.3) is 0 Å². The third kappa shape index (κ3) is 5.02. The van der Waals surface area contributed by atoms with Crippen LogP contribution in [0.1, 0.15) is 26.3 Å². The van der Waals surface area contributed by atoms with Gasteiger partial charge in [0.25, 0.3) is 0 Å². The number of terminal acetylenes is 1. The summed E-state index contributed by atoms with van der Waals surface area (Å²) in [6, 6.07) is 3.57. The second-order valence-electron chi connectivity index (χ2n) is 5.19. The van der Waals surface area contributed by atoms with Crippen molar-refractivity contribution in [1.29, 1.82) is 0 Å². The van der Waals surface area contributed by atoms with Crippen LogP contribution in [-0.2, 0) is 6.54 Å². The predicted octanol–water partition coefficient (Wildman–Crippen LogP) is 3.25. The fourth-order valence-corrected chi connectivity index (χ4v) is 1.77. The van der Waals surface area contributed by atoms with Gasteiger partial charge in [0.2, 0.25) is 0 Å². The van der Waals surface area contributed by atoms with Crippen molar-refractivity contribution in [1.82, 2.24) is 5.32 Å². The number of hydrogen-bond acceptors (Lipinski definition) is 3. The Morgan fingerprint density at radius 1 is 1.37 bits per heavy atom. The molecule has 0 aliphatic rings. The summed E-state index contributed by atoms with van der Waals surface area (Å²) in [6.45, 7) is 7.10. The third-order valence-electron chi connectivity index (χ3n) is 2.43. The maximum atomic E-state index is 6.08. The Morgan fingerprint density at radius 3 is 2.58 bits per heavy atom. The standard InChI is InChI=1S/C15H20ClNO2/c1-6-7-19-14-11(10-17-15(2,3)4)8-12(16)9-13(14)18-5/h1,8-9,17H,7,10H2,2-5H3. The third-order valence-corrected chi connectivity index (χ3v) is 2.64. The minimum Gasteiger partial charge on any atom is -0.493 e.